The average Bonchev–Trinajstić information content (AvgIpc) is 3.29. The van der Waals surface area contributed by atoms with Gasteiger partial charge >= 0.3 is 5.97 Å². The summed E-state index contributed by atoms with van der Waals surface area (Å²) in [7, 11) is 0. The summed E-state index contributed by atoms with van der Waals surface area (Å²) in [5, 5.41) is 9.31. The van der Waals surface area contributed by atoms with Crippen molar-refractivity contribution >= 4 is 11.9 Å². The number of carboxylic acids is 1. The van der Waals surface area contributed by atoms with Crippen LogP contribution in [0.4, 0.5) is 8.78 Å². The van der Waals surface area contributed by atoms with Gasteiger partial charge in [-0.25, -0.2) is 8.78 Å². The Hall–Kier alpha value is -2.02. The Bertz CT molecular complexity index is 747. The second-order valence-electron chi connectivity index (χ2n) is 7.82. The second-order valence-corrected chi connectivity index (χ2v) is 7.82. The summed E-state index contributed by atoms with van der Waals surface area (Å²) >= 11 is 0. The van der Waals surface area contributed by atoms with Gasteiger partial charge in [0.15, 0.2) is 11.6 Å². The molecular formula is C20H23F2NO4. The highest BCUT2D eigenvalue weighted by molar-refractivity contribution is 5.83. The van der Waals surface area contributed by atoms with Gasteiger partial charge in [0.25, 0.3) is 0 Å². The van der Waals surface area contributed by atoms with Gasteiger partial charge in [0.2, 0.25) is 5.91 Å². The van der Waals surface area contributed by atoms with Crippen LogP contribution in [-0.2, 0) is 14.3 Å². The molecule has 1 saturated carbocycles. The number of aliphatic carboxylic acids is 1. The zero-order chi connectivity index (χ0) is 19.1. The largest absolute Gasteiger partial charge is 0.481 e. The van der Waals surface area contributed by atoms with Crippen LogP contribution in [0.5, 0.6) is 0 Å². The predicted molar refractivity (Wildman–Crippen MR) is 92.0 cm³/mol. The minimum atomic E-state index is -0.879. The molecule has 0 radical (unpaired) electrons. The van der Waals surface area contributed by atoms with Gasteiger partial charge in [-0.3, -0.25) is 9.59 Å². The third-order valence-corrected chi connectivity index (χ3v) is 6.26. The zero-order valence-electron chi connectivity index (χ0n) is 14.9. The van der Waals surface area contributed by atoms with Gasteiger partial charge in [-0.15, -0.1) is 0 Å². The van der Waals surface area contributed by atoms with E-state index in [1.54, 1.807) is 11.0 Å². The lowest BCUT2D eigenvalue weighted by Gasteiger charge is -2.35. The van der Waals surface area contributed by atoms with Crippen LogP contribution in [0.25, 0.3) is 0 Å². The molecule has 1 amide bonds. The topological polar surface area (TPSA) is 66.8 Å². The maximum absolute atomic E-state index is 13.9. The molecule has 2 aliphatic heterocycles. The first kappa shape index (κ1) is 18.3. The van der Waals surface area contributed by atoms with Crippen molar-refractivity contribution in [2.75, 3.05) is 19.7 Å². The molecule has 0 bridgehead atoms. The van der Waals surface area contributed by atoms with Gasteiger partial charge in [0.05, 0.1) is 12.0 Å². The molecule has 1 aromatic carbocycles. The van der Waals surface area contributed by atoms with Gasteiger partial charge in [0, 0.05) is 25.6 Å². The lowest BCUT2D eigenvalue weighted by molar-refractivity contribution is -0.146. The Balaban J connectivity index is 1.33. The van der Waals surface area contributed by atoms with Crippen LogP contribution in [0, 0.1) is 29.4 Å². The lowest BCUT2D eigenvalue weighted by atomic mass is 9.84. The number of benzene rings is 1. The highest BCUT2D eigenvalue weighted by Gasteiger charge is 2.48. The first-order chi connectivity index (χ1) is 13.0. The molecule has 1 N–H and O–H groups in total. The molecule has 27 heavy (non-hydrogen) atoms. The van der Waals surface area contributed by atoms with Crippen molar-refractivity contribution in [1.29, 1.82) is 0 Å². The number of likely N-dealkylation sites (tertiary alicyclic amines) is 1. The number of nitrogens with zero attached hydrogens (tertiary/aromatic N) is 1. The van der Waals surface area contributed by atoms with Crippen LogP contribution in [0.3, 0.4) is 0 Å². The smallest absolute Gasteiger partial charge is 0.309 e. The molecule has 4 rings (SSSR count). The molecule has 146 valence electrons. The lowest BCUT2D eigenvalue weighted by Crippen LogP contribution is -2.44. The molecule has 4 atom stereocenters. The summed E-state index contributed by atoms with van der Waals surface area (Å²) in [5.74, 6) is -3.40. The van der Waals surface area contributed by atoms with Crippen molar-refractivity contribution < 1.29 is 28.2 Å². The van der Waals surface area contributed by atoms with Crippen molar-refractivity contribution in [1.82, 2.24) is 4.90 Å². The number of piperidine rings is 1. The van der Waals surface area contributed by atoms with Gasteiger partial charge in [-0.05, 0) is 49.1 Å². The van der Waals surface area contributed by atoms with E-state index in [1.807, 2.05) is 0 Å². The number of carbonyl (C=O) groups is 2. The van der Waals surface area contributed by atoms with E-state index in [9.17, 15) is 23.5 Å². The zero-order valence-corrected chi connectivity index (χ0v) is 14.9. The summed E-state index contributed by atoms with van der Waals surface area (Å²) in [6.07, 6.45) is 2.25. The number of hydrogen-bond acceptors (Lipinski definition) is 3. The van der Waals surface area contributed by atoms with Crippen LogP contribution in [-0.4, -0.2) is 47.7 Å². The molecule has 3 aliphatic rings. The van der Waals surface area contributed by atoms with Crippen molar-refractivity contribution in [3.63, 3.8) is 0 Å². The molecule has 7 heteroatoms. The molecule has 1 aliphatic carbocycles. The summed E-state index contributed by atoms with van der Waals surface area (Å²) < 4.78 is 33.0. The molecule has 0 aromatic heterocycles. The van der Waals surface area contributed by atoms with E-state index in [-0.39, 0.29) is 35.3 Å². The minimum Gasteiger partial charge on any atom is -0.481 e. The highest BCUT2D eigenvalue weighted by atomic mass is 19.2. The van der Waals surface area contributed by atoms with E-state index < -0.39 is 23.5 Å². The Labute approximate surface area is 156 Å². The molecule has 5 nitrogen and oxygen atoms in total. The Morgan fingerprint density at radius 3 is 2.56 bits per heavy atom. The third kappa shape index (κ3) is 3.45. The standard InChI is InChI=1S/C20H23F2NO4/c21-16-3-1-2-12(17(16)22)14-10-15(14)19(24)23-7-4-11(5-8-23)18-13(20(25)26)6-9-27-18/h1-3,11,13-15,18H,4-10H2,(H,25,26)/t13?,14?,15?,18-/m0/s1. The van der Waals surface area contributed by atoms with Gasteiger partial charge in [-0.2, -0.15) is 0 Å². The fourth-order valence-electron chi connectivity index (χ4n) is 4.64. The van der Waals surface area contributed by atoms with Crippen LogP contribution >= 0.6 is 0 Å². The molecule has 2 saturated heterocycles. The van der Waals surface area contributed by atoms with Gasteiger partial charge in [-0.1, -0.05) is 12.1 Å². The predicted octanol–water partition coefficient (Wildman–Crippen LogP) is 2.80. The number of halogens is 2. The van der Waals surface area contributed by atoms with E-state index in [1.165, 1.54) is 6.07 Å². The number of rotatable bonds is 4. The molecule has 3 fully saturated rings. The Morgan fingerprint density at radius 1 is 1.11 bits per heavy atom. The van der Waals surface area contributed by atoms with Crippen LogP contribution in [0.1, 0.15) is 37.2 Å². The minimum absolute atomic E-state index is 0.00997. The SMILES string of the molecule is O=C(O)C1CCO[C@H]1C1CCN(C(=O)C2CC2c2cccc(F)c2F)CC1. The van der Waals surface area contributed by atoms with Gasteiger partial charge in [0.1, 0.15) is 0 Å². The normalized spacial score (nSPS) is 31.1. The number of amides is 1. The van der Waals surface area contributed by atoms with Crippen LogP contribution in [0.2, 0.25) is 0 Å². The third-order valence-electron chi connectivity index (χ3n) is 6.26. The maximum atomic E-state index is 13.9. The molecule has 2 heterocycles. The average molecular weight is 379 g/mol. The first-order valence-electron chi connectivity index (χ1n) is 9.54. The summed E-state index contributed by atoms with van der Waals surface area (Å²) in [5.41, 5.74) is 0.284. The highest BCUT2D eigenvalue weighted by Crippen LogP contribution is 2.50. The quantitative estimate of drug-likeness (QED) is 0.874. The molecule has 1 aromatic rings. The van der Waals surface area contributed by atoms with E-state index in [0.717, 1.165) is 6.07 Å². The Morgan fingerprint density at radius 2 is 1.85 bits per heavy atom. The van der Waals surface area contributed by atoms with E-state index >= 15 is 0 Å². The number of hydrogen-bond donors (Lipinski definition) is 1. The number of ether oxygens (including phenoxy) is 1. The monoisotopic (exact) mass is 379 g/mol. The van der Waals surface area contributed by atoms with Crippen molar-refractivity contribution in [2.45, 2.75) is 37.7 Å². The van der Waals surface area contributed by atoms with Gasteiger partial charge < -0.3 is 14.7 Å². The summed E-state index contributed by atoms with van der Waals surface area (Å²) in [6, 6.07) is 4.10. The van der Waals surface area contributed by atoms with E-state index in [4.69, 9.17) is 4.74 Å². The van der Waals surface area contributed by atoms with E-state index in [2.05, 4.69) is 0 Å². The van der Waals surface area contributed by atoms with E-state index in [0.29, 0.717) is 45.4 Å². The molecule has 3 unspecified atom stereocenters. The summed E-state index contributed by atoms with van der Waals surface area (Å²) in [6.45, 7) is 1.60. The van der Waals surface area contributed by atoms with Crippen LogP contribution in [0.15, 0.2) is 18.2 Å². The fourth-order valence-corrected chi connectivity index (χ4v) is 4.64. The molecule has 0 spiro atoms. The van der Waals surface area contributed by atoms with Crippen molar-refractivity contribution in [3.8, 4) is 0 Å². The molecular weight excluding hydrogens is 356 g/mol. The second kappa shape index (κ2) is 7.19. The number of carbonyl (C=O) groups excluding carboxylic acids is 1. The first-order valence-corrected chi connectivity index (χ1v) is 9.54. The maximum Gasteiger partial charge on any atom is 0.309 e. The van der Waals surface area contributed by atoms with Crippen molar-refractivity contribution in [2.24, 2.45) is 17.8 Å². The Kier molecular flexibility index (Phi) is 4.88. The van der Waals surface area contributed by atoms with Crippen molar-refractivity contribution in [3.05, 3.63) is 35.4 Å². The number of carboxylic acid groups (broad SMARTS) is 1. The van der Waals surface area contributed by atoms with Crippen LogP contribution < -0.4 is 0 Å². The summed E-state index contributed by atoms with van der Waals surface area (Å²) in [4.78, 5) is 25.9. The fraction of sp³-hybridized carbons (Fsp3) is 0.600.